The molecule has 0 saturated carbocycles. The van der Waals surface area contributed by atoms with Crippen molar-refractivity contribution in [3.8, 4) is 0 Å². The lowest BCUT2D eigenvalue weighted by Gasteiger charge is -2.19. The lowest BCUT2D eigenvalue weighted by atomic mass is 9.91. The quantitative estimate of drug-likeness (QED) is 0.802. The van der Waals surface area contributed by atoms with E-state index in [4.69, 9.17) is 0 Å². The van der Waals surface area contributed by atoms with Crippen LogP contribution in [0.1, 0.15) is 44.4 Å². The second-order valence-electron chi connectivity index (χ2n) is 5.45. The lowest BCUT2D eigenvalue weighted by Crippen LogP contribution is -2.15. The molecule has 1 heteroatoms. The highest BCUT2D eigenvalue weighted by atomic mass is 16.3. The van der Waals surface area contributed by atoms with Crippen LogP contribution in [0.5, 0.6) is 0 Å². The predicted molar refractivity (Wildman–Crippen MR) is 68.2 cm³/mol. The lowest BCUT2D eigenvalue weighted by molar-refractivity contribution is 0.0785. The molecule has 1 N–H and O–H groups in total. The summed E-state index contributed by atoms with van der Waals surface area (Å²) in [5.41, 5.74) is 4.42. The molecule has 0 unspecified atom stereocenters. The summed E-state index contributed by atoms with van der Waals surface area (Å²) in [6, 6.07) is 6.34. The number of aliphatic hydroxyl groups is 1. The van der Waals surface area contributed by atoms with Gasteiger partial charge in [-0.3, -0.25) is 0 Å². The molecule has 86 valence electrons. The minimum Gasteiger partial charge on any atom is -0.386 e. The Hall–Kier alpha value is -1.08. The van der Waals surface area contributed by atoms with Crippen molar-refractivity contribution >= 4 is 5.57 Å². The van der Waals surface area contributed by atoms with Gasteiger partial charge >= 0.3 is 0 Å². The largest absolute Gasteiger partial charge is 0.386 e. The van der Waals surface area contributed by atoms with Crippen molar-refractivity contribution in [3.63, 3.8) is 0 Å². The van der Waals surface area contributed by atoms with Crippen molar-refractivity contribution in [2.75, 3.05) is 0 Å². The summed E-state index contributed by atoms with van der Waals surface area (Å²) >= 11 is 0. The van der Waals surface area contributed by atoms with Crippen LogP contribution in [0, 0.1) is 5.92 Å². The Balaban J connectivity index is 2.40. The fourth-order valence-corrected chi connectivity index (χ4v) is 2.30. The smallest absolute Gasteiger partial charge is 0.0840 e. The maximum atomic E-state index is 9.98. The molecule has 1 aromatic carbocycles. The highest BCUT2D eigenvalue weighted by Gasteiger charge is 2.21. The van der Waals surface area contributed by atoms with E-state index in [1.54, 1.807) is 0 Å². The molecule has 0 spiro atoms. The van der Waals surface area contributed by atoms with Crippen LogP contribution in [0.2, 0.25) is 0 Å². The zero-order valence-corrected chi connectivity index (χ0v) is 10.5. The molecular formula is C15H20O. The van der Waals surface area contributed by atoms with Gasteiger partial charge in [0.25, 0.3) is 0 Å². The number of allylic oxidation sites excluding steroid dienone is 2. The first-order valence-electron chi connectivity index (χ1n) is 5.96. The summed E-state index contributed by atoms with van der Waals surface area (Å²) < 4.78 is 0. The first-order valence-corrected chi connectivity index (χ1v) is 5.96. The molecular weight excluding hydrogens is 196 g/mol. The van der Waals surface area contributed by atoms with E-state index in [9.17, 15) is 5.11 Å². The number of hydrogen-bond donors (Lipinski definition) is 1. The highest BCUT2D eigenvalue weighted by molar-refractivity contribution is 5.74. The summed E-state index contributed by atoms with van der Waals surface area (Å²) in [4.78, 5) is 0. The summed E-state index contributed by atoms with van der Waals surface area (Å²) in [7, 11) is 0. The minimum atomic E-state index is -0.740. The molecule has 0 aromatic heterocycles. The van der Waals surface area contributed by atoms with E-state index in [0.29, 0.717) is 5.92 Å². The highest BCUT2D eigenvalue weighted by Crippen LogP contribution is 2.34. The van der Waals surface area contributed by atoms with Crippen LogP contribution in [-0.2, 0) is 12.0 Å². The third-order valence-electron chi connectivity index (χ3n) is 3.29. The van der Waals surface area contributed by atoms with Gasteiger partial charge in [0.2, 0.25) is 0 Å². The van der Waals surface area contributed by atoms with Crippen molar-refractivity contribution in [2.45, 2.75) is 39.7 Å². The Morgan fingerprint density at radius 2 is 1.94 bits per heavy atom. The second-order valence-corrected chi connectivity index (χ2v) is 5.45. The van der Waals surface area contributed by atoms with E-state index < -0.39 is 5.60 Å². The zero-order chi connectivity index (χ0) is 11.9. The van der Waals surface area contributed by atoms with Crippen LogP contribution in [0.25, 0.3) is 5.57 Å². The van der Waals surface area contributed by atoms with Gasteiger partial charge in [-0.25, -0.2) is 0 Å². The van der Waals surface area contributed by atoms with Crippen molar-refractivity contribution in [3.05, 3.63) is 41.0 Å². The van der Waals surface area contributed by atoms with Crippen LogP contribution in [0.4, 0.5) is 0 Å². The summed E-state index contributed by atoms with van der Waals surface area (Å²) in [5, 5.41) is 9.98. The van der Waals surface area contributed by atoms with E-state index in [0.717, 1.165) is 12.0 Å². The zero-order valence-electron chi connectivity index (χ0n) is 10.5. The SMILES string of the molecule is CC(C)C1=CCc2cc(C(C)(C)O)ccc21. The average molecular weight is 216 g/mol. The third kappa shape index (κ3) is 1.92. The number of fused-ring (bicyclic) bond motifs is 1. The second kappa shape index (κ2) is 3.74. The van der Waals surface area contributed by atoms with E-state index in [1.165, 1.54) is 16.7 Å². The van der Waals surface area contributed by atoms with E-state index in [-0.39, 0.29) is 0 Å². The van der Waals surface area contributed by atoms with Gasteiger partial charge in [0.15, 0.2) is 0 Å². The molecule has 0 radical (unpaired) electrons. The molecule has 0 atom stereocenters. The molecule has 0 heterocycles. The number of rotatable bonds is 2. The maximum absolute atomic E-state index is 9.98. The first kappa shape index (κ1) is 11.4. The van der Waals surface area contributed by atoms with Gasteiger partial charge in [-0.1, -0.05) is 38.1 Å². The molecule has 2 rings (SSSR count). The first-order chi connectivity index (χ1) is 7.39. The Labute approximate surface area is 97.8 Å². The Bertz CT molecular complexity index is 433. The van der Waals surface area contributed by atoms with Crippen molar-refractivity contribution in [1.82, 2.24) is 0 Å². The molecule has 0 fully saturated rings. The van der Waals surface area contributed by atoms with Gasteiger partial charge in [0, 0.05) is 0 Å². The summed E-state index contributed by atoms with van der Waals surface area (Å²) in [6.07, 6.45) is 3.32. The van der Waals surface area contributed by atoms with Crippen molar-refractivity contribution in [1.29, 1.82) is 0 Å². The van der Waals surface area contributed by atoms with E-state index in [1.807, 2.05) is 19.9 Å². The van der Waals surface area contributed by atoms with Crippen LogP contribution < -0.4 is 0 Å². The van der Waals surface area contributed by atoms with Crippen LogP contribution in [0.3, 0.4) is 0 Å². The number of benzene rings is 1. The normalized spacial score (nSPS) is 15.2. The monoisotopic (exact) mass is 216 g/mol. The van der Waals surface area contributed by atoms with E-state index >= 15 is 0 Å². The predicted octanol–water partition coefficient (Wildman–Crippen LogP) is 3.51. The molecule has 0 aliphatic heterocycles. The maximum Gasteiger partial charge on any atom is 0.0840 e. The minimum absolute atomic E-state index is 0.578. The molecule has 0 bridgehead atoms. The molecule has 1 nitrogen and oxygen atoms in total. The van der Waals surface area contributed by atoms with Crippen LogP contribution >= 0.6 is 0 Å². The molecule has 1 aromatic rings. The molecule has 0 saturated heterocycles. The van der Waals surface area contributed by atoms with Gasteiger partial charge in [-0.15, -0.1) is 0 Å². The van der Waals surface area contributed by atoms with E-state index in [2.05, 4.69) is 32.1 Å². The molecule has 0 amide bonds. The van der Waals surface area contributed by atoms with Gasteiger partial charge in [-0.2, -0.15) is 0 Å². The fraction of sp³-hybridized carbons (Fsp3) is 0.467. The van der Waals surface area contributed by atoms with Gasteiger partial charge in [0.05, 0.1) is 5.60 Å². The molecule has 1 aliphatic rings. The number of hydrogen-bond acceptors (Lipinski definition) is 1. The molecule has 1 aliphatic carbocycles. The Kier molecular flexibility index (Phi) is 2.67. The molecule has 16 heavy (non-hydrogen) atoms. The Morgan fingerprint density at radius 1 is 1.25 bits per heavy atom. The van der Waals surface area contributed by atoms with Gasteiger partial charge in [-0.05, 0) is 48.4 Å². The fourth-order valence-electron chi connectivity index (χ4n) is 2.30. The summed E-state index contributed by atoms with van der Waals surface area (Å²) in [6.45, 7) is 8.12. The average Bonchev–Trinajstić information content (AvgIpc) is 2.58. The van der Waals surface area contributed by atoms with Crippen LogP contribution in [0.15, 0.2) is 24.3 Å². The van der Waals surface area contributed by atoms with Crippen molar-refractivity contribution in [2.24, 2.45) is 5.92 Å². The van der Waals surface area contributed by atoms with Gasteiger partial charge < -0.3 is 5.11 Å². The Morgan fingerprint density at radius 3 is 2.50 bits per heavy atom. The van der Waals surface area contributed by atoms with Crippen LogP contribution in [-0.4, -0.2) is 5.11 Å². The van der Waals surface area contributed by atoms with Gasteiger partial charge in [0.1, 0.15) is 0 Å². The third-order valence-corrected chi connectivity index (χ3v) is 3.29. The summed E-state index contributed by atoms with van der Waals surface area (Å²) in [5.74, 6) is 0.578. The van der Waals surface area contributed by atoms with Crippen molar-refractivity contribution < 1.29 is 5.11 Å². The standard InChI is InChI=1S/C15H20O/c1-10(2)13-7-5-11-9-12(15(3,4)16)6-8-14(11)13/h6-10,16H,5H2,1-4H3. The topological polar surface area (TPSA) is 20.2 Å².